The molecule has 138 valence electrons. The Bertz CT molecular complexity index is 884. The summed E-state index contributed by atoms with van der Waals surface area (Å²) in [6.07, 6.45) is 4.46. The van der Waals surface area contributed by atoms with Crippen molar-refractivity contribution in [1.29, 1.82) is 0 Å². The molecule has 0 fully saturated rings. The number of nitrogens with zero attached hydrogens (tertiary/aromatic N) is 4. The quantitative estimate of drug-likeness (QED) is 0.695. The Morgan fingerprint density at radius 1 is 1.11 bits per heavy atom. The van der Waals surface area contributed by atoms with Crippen LogP contribution < -0.4 is 15.0 Å². The van der Waals surface area contributed by atoms with Crippen LogP contribution in [0.5, 0.6) is 5.75 Å². The lowest BCUT2D eigenvalue weighted by Gasteiger charge is -2.17. The summed E-state index contributed by atoms with van der Waals surface area (Å²) in [4.78, 5) is 18.3. The van der Waals surface area contributed by atoms with Crippen LogP contribution in [0.25, 0.3) is 0 Å². The largest absolute Gasteiger partial charge is 0.497 e. The number of benzene rings is 1. The average Bonchev–Trinajstić information content (AvgIpc) is 2.73. The first kappa shape index (κ1) is 18.3. The molecule has 0 aliphatic carbocycles. The molecule has 0 atom stereocenters. The summed E-state index contributed by atoms with van der Waals surface area (Å²) in [7, 11) is 3.52. The molecule has 2 heterocycles. The van der Waals surface area contributed by atoms with Gasteiger partial charge in [0.25, 0.3) is 5.91 Å². The smallest absolute Gasteiger partial charge is 0.256 e. The van der Waals surface area contributed by atoms with Gasteiger partial charge in [-0.15, -0.1) is 10.2 Å². The summed E-state index contributed by atoms with van der Waals surface area (Å²) >= 11 is 0. The second kappa shape index (κ2) is 8.75. The molecule has 0 saturated carbocycles. The molecule has 0 saturated heterocycles. The third-order valence-corrected chi connectivity index (χ3v) is 4.10. The maximum atomic E-state index is 12.3. The highest BCUT2D eigenvalue weighted by atomic mass is 16.5. The van der Waals surface area contributed by atoms with Gasteiger partial charge in [-0.3, -0.25) is 9.78 Å². The van der Waals surface area contributed by atoms with Gasteiger partial charge in [-0.05, 0) is 54.4 Å². The first-order valence-corrected chi connectivity index (χ1v) is 8.55. The molecule has 3 aromatic rings. The molecule has 1 amide bonds. The second-order valence-electron chi connectivity index (χ2n) is 5.99. The fourth-order valence-corrected chi connectivity index (χ4v) is 2.51. The molecule has 2 aromatic heterocycles. The van der Waals surface area contributed by atoms with Crippen LogP contribution in [-0.4, -0.2) is 41.8 Å². The van der Waals surface area contributed by atoms with Gasteiger partial charge in [0, 0.05) is 31.5 Å². The third-order valence-electron chi connectivity index (χ3n) is 4.10. The van der Waals surface area contributed by atoms with Crippen molar-refractivity contribution in [3.05, 3.63) is 72.1 Å². The molecule has 0 spiro atoms. The van der Waals surface area contributed by atoms with Gasteiger partial charge in [-0.1, -0.05) is 6.07 Å². The molecule has 0 aliphatic rings. The number of ether oxygens (including phenoxy) is 1. The van der Waals surface area contributed by atoms with Gasteiger partial charge >= 0.3 is 0 Å². The second-order valence-corrected chi connectivity index (χ2v) is 5.99. The van der Waals surface area contributed by atoms with E-state index in [0.717, 1.165) is 18.8 Å². The molecule has 0 bridgehead atoms. The number of amides is 1. The summed E-state index contributed by atoms with van der Waals surface area (Å²) in [6, 6.07) is 14.5. The summed E-state index contributed by atoms with van der Waals surface area (Å²) in [6.45, 7) is 0.800. The number of rotatable bonds is 7. The summed E-state index contributed by atoms with van der Waals surface area (Å²) in [5.74, 6) is 1.50. The first-order chi connectivity index (χ1) is 13.2. The minimum atomic E-state index is -0.262. The van der Waals surface area contributed by atoms with E-state index < -0.39 is 0 Å². The van der Waals surface area contributed by atoms with Gasteiger partial charge < -0.3 is 15.0 Å². The number of anilines is 2. The zero-order valence-corrected chi connectivity index (χ0v) is 15.3. The van der Waals surface area contributed by atoms with Crippen LogP contribution >= 0.6 is 0 Å². The van der Waals surface area contributed by atoms with Crippen LogP contribution in [0.15, 0.2) is 60.9 Å². The Balaban J connectivity index is 1.58. The lowest BCUT2D eigenvalue weighted by Crippen LogP contribution is -2.22. The first-order valence-electron chi connectivity index (χ1n) is 8.55. The highest BCUT2D eigenvalue weighted by molar-refractivity contribution is 6.03. The van der Waals surface area contributed by atoms with Crippen LogP contribution in [0.4, 0.5) is 11.6 Å². The number of hydrogen-bond acceptors (Lipinski definition) is 6. The number of carbonyl (C=O) groups is 1. The lowest BCUT2D eigenvalue weighted by molar-refractivity contribution is 0.102. The number of methoxy groups -OCH3 is 1. The van der Waals surface area contributed by atoms with Crippen LogP contribution in [0.2, 0.25) is 0 Å². The van der Waals surface area contributed by atoms with Gasteiger partial charge in [0.2, 0.25) is 0 Å². The summed E-state index contributed by atoms with van der Waals surface area (Å²) in [5, 5.41) is 11.0. The lowest BCUT2D eigenvalue weighted by atomic mass is 10.2. The van der Waals surface area contributed by atoms with E-state index in [-0.39, 0.29) is 5.91 Å². The fraction of sp³-hybridized carbons (Fsp3) is 0.200. The molecule has 0 aliphatic heterocycles. The fourth-order valence-electron chi connectivity index (χ4n) is 2.51. The van der Waals surface area contributed by atoms with Crippen molar-refractivity contribution in [1.82, 2.24) is 15.2 Å². The van der Waals surface area contributed by atoms with Crippen molar-refractivity contribution in [2.75, 3.05) is 30.9 Å². The van der Waals surface area contributed by atoms with Crippen LogP contribution in [0.3, 0.4) is 0 Å². The highest BCUT2D eigenvalue weighted by Gasteiger charge is 2.09. The summed E-state index contributed by atoms with van der Waals surface area (Å²) < 4.78 is 5.14. The molecular formula is C20H21N5O2. The van der Waals surface area contributed by atoms with E-state index in [9.17, 15) is 4.79 Å². The van der Waals surface area contributed by atoms with E-state index in [1.54, 1.807) is 49.8 Å². The number of nitrogens with one attached hydrogen (secondary N) is 1. The molecule has 1 N–H and O–H groups in total. The number of likely N-dealkylation sites (N-methyl/N-ethyl adjacent to an activating group) is 1. The molecule has 7 nitrogen and oxygen atoms in total. The molecule has 0 unspecified atom stereocenters. The molecular weight excluding hydrogens is 342 g/mol. The zero-order chi connectivity index (χ0) is 19.1. The number of carbonyl (C=O) groups excluding carboxylic acids is 1. The van der Waals surface area contributed by atoms with Crippen molar-refractivity contribution in [2.45, 2.75) is 6.42 Å². The Morgan fingerprint density at radius 3 is 2.63 bits per heavy atom. The molecule has 1 aromatic carbocycles. The SMILES string of the molecule is COc1cccc(C(=O)Nc2ccc(N(C)CCc3ccncc3)nn2)c1. The zero-order valence-electron chi connectivity index (χ0n) is 15.3. The Kier molecular flexibility index (Phi) is 5.94. The predicted molar refractivity (Wildman–Crippen MR) is 104 cm³/mol. The molecule has 27 heavy (non-hydrogen) atoms. The molecule has 3 rings (SSSR count). The van der Waals surface area contributed by atoms with Crippen molar-refractivity contribution < 1.29 is 9.53 Å². The van der Waals surface area contributed by atoms with E-state index in [1.807, 2.05) is 30.1 Å². The van der Waals surface area contributed by atoms with Gasteiger partial charge in [-0.2, -0.15) is 0 Å². The van der Waals surface area contributed by atoms with Crippen molar-refractivity contribution in [3.63, 3.8) is 0 Å². The minimum Gasteiger partial charge on any atom is -0.497 e. The van der Waals surface area contributed by atoms with Gasteiger partial charge in [0.15, 0.2) is 11.6 Å². The van der Waals surface area contributed by atoms with E-state index in [1.165, 1.54) is 5.56 Å². The molecule has 7 heteroatoms. The topological polar surface area (TPSA) is 80.2 Å². The minimum absolute atomic E-state index is 0.262. The average molecular weight is 363 g/mol. The van der Waals surface area contributed by atoms with Gasteiger partial charge in [0.1, 0.15) is 5.75 Å². The van der Waals surface area contributed by atoms with Gasteiger partial charge in [0.05, 0.1) is 7.11 Å². The van der Waals surface area contributed by atoms with E-state index in [4.69, 9.17) is 4.74 Å². The van der Waals surface area contributed by atoms with Gasteiger partial charge in [-0.25, -0.2) is 0 Å². The van der Waals surface area contributed by atoms with E-state index >= 15 is 0 Å². The highest BCUT2D eigenvalue weighted by Crippen LogP contribution is 2.15. The van der Waals surface area contributed by atoms with Crippen LogP contribution in [0.1, 0.15) is 15.9 Å². The van der Waals surface area contributed by atoms with Crippen molar-refractivity contribution in [3.8, 4) is 5.75 Å². The number of aromatic nitrogens is 3. The predicted octanol–water partition coefficient (Wildman–Crippen LogP) is 2.81. The van der Waals surface area contributed by atoms with Crippen molar-refractivity contribution >= 4 is 17.5 Å². The number of pyridine rings is 1. The summed E-state index contributed by atoms with van der Waals surface area (Å²) in [5.41, 5.74) is 1.71. The standard InChI is InChI=1S/C20H21N5O2/c1-25(13-10-15-8-11-21-12-9-15)19-7-6-18(23-24-19)22-20(26)16-4-3-5-17(14-16)27-2/h3-9,11-12,14H,10,13H2,1-2H3,(H,22,23,26). The van der Waals surface area contributed by atoms with Crippen LogP contribution in [-0.2, 0) is 6.42 Å². The maximum absolute atomic E-state index is 12.3. The Morgan fingerprint density at radius 2 is 1.93 bits per heavy atom. The van der Waals surface area contributed by atoms with E-state index in [0.29, 0.717) is 17.1 Å². The number of hydrogen-bond donors (Lipinski definition) is 1. The molecule has 0 radical (unpaired) electrons. The Labute approximate surface area is 158 Å². The van der Waals surface area contributed by atoms with Crippen molar-refractivity contribution in [2.24, 2.45) is 0 Å². The maximum Gasteiger partial charge on any atom is 0.256 e. The third kappa shape index (κ3) is 5.01. The monoisotopic (exact) mass is 363 g/mol. The van der Waals surface area contributed by atoms with E-state index in [2.05, 4.69) is 20.5 Å². The Hall–Kier alpha value is -3.48. The van der Waals surface area contributed by atoms with Crippen LogP contribution in [0, 0.1) is 0 Å². The normalized spacial score (nSPS) is 10.3.